The van der Waals surface area contributed by atoms with E-state index in [0.29, 0.717) is 5.02 Å². The van der Waals surface area contributed by atoms with E-state index >= 15 is 0 Å². The summed E-state index contributed by atoms with van der Waals surface area (Å²) in [5.41, 5.74) is 1.03. The lowest BCUT2D eigenvalue weighted by Crippen LogP contribution is -2.47. The molecule has 0 radical (unpaired) electrons. The molecule has 1 aromatic carbocycles. The second-order valence-electron chi connectivity index (χ2n) is 4.79. The Bertz CT molecular complexity index is 416. The molecule has 2 atom stereocenters. The standard InChI is InChI=1S/C14H19ClN2O/c1-10(11-5-4-6-12(15)9-11)17-14(18)13-7-2-3-8-16-13/h4-6,9-10,13,16H,2-3,7-8H2,1H3,(H,17,18)/t10?,13-/m0/s1. The molecule has 2 N–H and O–H groups in total. The van der Waals surface area contributed by atoms with Crippen molar-refractivity contribution >= 4 is 17.5 Å². The van der Waals surface area contributed by atoms with Crippen molar-refractivity contribution in [2.75, 3.05) is 6.54 Å². The number of rotatable bonds is 3. The molecule has 1 amide bonds. The molecule has 1 heterocycles. The average Bonchev–Trinajstić information content (AvgIpc) is 2.39. The predicted octanol–water partition coefficient (Wildman–Crippen LogP) is 2.66. The molecule has 1 saturated heterocycles. The monoisotopic (exact) mass is 266 g/mol. The van der Waals surface area contributed by atoms with E-state index in [-0.39, 0.29) is 18.0 Å². The first-order valence-electron chi connectivity index (χ1n) is 6.46. The van der Waals surface area contributed by atoms with Gasteiger partial charge in [-0.25, -0.2) is 0 Å². The number of benzene rings is 1. The van der Waals surface area contributed by atoms with Crippen molar-refractivity contribution in [1.82, 2.24) is 10.6 Å². The number of carbonyl (C=O) groups excluding carboxylic acids is 1. The molecule has 0 spiro atoms. The van der Waals surface area contributed by atoms with Gasteiger partial charge < -0.3 is 10.6 Å². The summed E-state index contributed by atoms with van der Waals surface area (Å²) in [5, 5.41) is 6.98. The van der Waals surface area contributed by atoms with Gasteiger partial charge >= 0.3 is 0 Å². The molecule has 1 fully saturated rings. The van der Waals surface area contributed by atoms with E-state index in [1.807, 2.05) is 31.2 Å². The molecule has 0 aliphatic carbocycles. The average molecular weight is 267 g/mol. The van der Waals surface area contributed by atoms with Gasteiger partial charge in [0.1, 0.15) is 0 Å². The van der Waals surface area contributed by atoms with Gasteiger partial charge in [-0.05, 0) is 44.0 Å². The Morgan fingerprint density at radius 2 is 2.33 bits per heavy atom. The maximum Gasteiger partial charge on any atom is 0.237 e. The molecule has 0 saturated carbocycles. The van der Waals surface area contributed by atoms with Gasteiger partial charge in [-0.3, -0.25) is 4.79 Å². The van der Waals surface area contributed by atoms with E-state index in [9.17, 15) is 4.79 Å². The number of piperidine rings is 1. The summed E-state index contributed by atoms with van der Waals surface area (Å²) in [7, 11) is 0. The number of halogens is 1. The van der Waals surface area contributed by atoms with Crippen LogP contribution in [-0.2, 0) is 4.79 Å². The normalized spacial score (nSPS) is 21.3. The number of nitrogens with one attached hydrogen (secondary N) is 2. The molecule has 1 unspecified atom stereocenters. The van der Waals surface area contributed by atoms with Crippen molar-refractivity contribution in [3.8, 4) is 0 Å². The van der Waals surface area contributed by atoms with Crippen LogP contribution in [0.15, 0.2) is 24.3 Å². The lowest BCUT2D eigenvalue weighted by molar-refractivity contribution is -0.124. The summed E-state index contributed by atoms with van der Waals surface area (Å²) < 4.78 is 0. The first-order valence-corrected chi connectivity index (χ1v) is 6.84. The summed E-state index contributed by atoms with van der Waals surface area (Å²) in [4.78, 5) is 12.1. The van der Waals surface area contributed by atoms with Gasteiger partial charge in [0.05, 0.1) is 12.1 Å². The van der Waals surface area contributed by atoms with Gasteiger partial charge in [-0.15, -0.1) is 0 Å². The Balaban J connectivity index is 1.94. The fraction of sp³-hybridized carbons (Fsp3) is 0.500. The minimum atomic E-state index is -0.0413. The highest BCUT2D eigenvalue weighted by Gasteiger charge is 2.21. The van der Waals surface area contributed by atoms with Gasteiger partial charge in [0.2, 0.25) is 5.91 Å². The van der Waals surface area contributed by atoms with E-state index in [1.165, 1.54) is 0 Å². The molecule has 4 heteroatoms. The Morgan fingerprint density at radius 3 is 3.00 bits per heavy atom. The molecule has 1 aromatic rings. The fourth-order valence-corrected chi connectivity index (χ4v) is 2.45. The topological polar surface area (TPSA) is 41.1 Å². The molecule has 3 nitrogen and oxygen atoms in total. The second kappa shape index (κ2) is 6.21. The highest BCUT2D eigenvalue weighted by Crippen LogP contribution is 2.18. The molecule has 0 bridgehead atoms. The van der Waals surface area contributed by atoms with Crippen molar-refractivity contribution < 1.29 is 4.79 Å². The van der Waals surface area contributed by atoms with Crippen LogP contribution in [0.1, 0.15) is 37.8 Å². The zero-order chi connectivity index (χ0) is 13.0. The Kier molecular flexibility index (Phi) is 4.61. The number of hydrogen-bond acceptors (Lipinski definition) is 2. The van der Waals surface area contributed by atoms with Crippen molar-refractivity contribution in [3.05, 3.63) is 34.9 Å². The maximum atomic E-state index is 12.1. The van der Waals surface area contributed by atoms with Crippen molar-refractivity contribution in [1.29, 1.82) is 0 Å². The molecule has 18 heavy (non-hydrogen) atoms. The largest absolute Gasteiger partial charge is 0.348 e. The van der Waals surface area contributed by atoms with Gasteiger partial charge in [0.15, 0.2) is 0 Å². The van der Waals surface area contributed by atoms with Crippen LogP contribution in [0.3, 0.4) is 0 Å². The van der Waals surface area contributed by atoms with Crippen LogP contribution in [0.4, 0.5) is 0 Å². The predicted molar refractivity (Wildman–Crippen MR) is 73.7 cm³/mol. The quantitative estimate of drug-likeness (QED) is 0.883. The van der Waals surface area contributed by atoms with Gasteiger partial charge in [0, 0.05) is 5.02 Å². The third-order valence-electron chi connectivity index (χ3n) is 3.33. The highest BCUT2D eigenvalue weighted by atomic mass is 35.5. The minimum Gasteiger partial charge on any atom is -0.348 e. The first-order chi connectivity index (χ1) is 8.66. The van der Waals surface area contributed by atoms with Crippen LogP contribution < -0.4 is 10.6 Å². The zero-order valence-electron chi connectivity index (χ0n) is 10.6. The van der Waals surface area contributed by atoms with Crippen LogP contribution in [-0.4, -0.2) is 18.5 Å². The summed E-state index contributed by atoms with van der Waals surface area (Å²) >= 11 is 5.95. The van der Waals surface area contributed by atoms with Gasteiger partial charge in [-0.1, -0.05) is 30.2 Å². The van der Waals surface area contributed by atoms with Crippen molar-refractivity contribution in [3.63, 3.8) is 0 Å². The van der Waals surface area contributed by atoms with Crippen LogP contribution in [0, 0.1) is 0 Å². The molecule has 1 aliphatic rings. The third kappa shape index (κ3) is 3.47. The molecule has 2 rings (SSSR count). The van der Waals surface area contributed by atoms with Crippen LogP contribution in [0.5, 0.6) is 0 Å². The zero-order valence-corrected chi connectivity index (χ0v) is 11.3. The summed E-state index contributed by atoms with van der Waals surface area (Å²) in [6.45, 7) is 2.91. The number of carbonyl (C=O) groups is 1. The fourth-order valence-electron chi connectivity index (χ4n) is 2.25. The van der Waals surface area contributed by atoms with Crippen LogP contribution >= 0.6 is 11.6 Å². The van der Waals surface area contributed by atoms with E-state index in [4.69, 9.17) is 11.6 Å². The third-order valence-corrected chi connectivity index (χ3v) is 3.57. The lowest BCUT2D eigenvalue weighted by atomic mass is 10.0. The SMILES string of the molecule is CC(NC(=O)[C@@H]1CCCCN1)c1cccc(Cl)c1. The van der Waals surface area contributed by atoms with E-state index in [2.05, 4.69) is 10.6 Å². The molecule has 0 aromatic heterocycles. The minimum absolute atomic E-state index is 0.0140. The van der Waals surface area contributed by atoms with Crippen LogP contribution in [0.25, 0.3) is 0 Å². The molecule has 1 aliphatic heterocycles. The van der Waals surface area contributed by atoms with E-state index in [1.54, 1.807) is 0 Å². The number of amides is 1. The Labute approximate surface area is 113 Å². The van der Waals surface area contributed by atoms with E-state index in [0.717, 1.165) is 31.4 Å². The van der Waals surface area contributed by atoms with Gasteiger partial charge in [-0.2, -0.15) is 0 Å². The van der Waals surface area contributed by atoms with Crippen molar-refractivity contribution in [2.24, 2.45) is 0 Å². The summed E-state index contributed by atoms with van der Waals surface area (Å²) in [5.74, 6) is 0.0853. The molecule has 98 valence electrons. The highest BCUT2D eigenvalue weighted by molar-refractivity contribution is 6.30. The molecular formula is C14H19ClN2O. The molecular weight excluding hydrogens is 248 g/mol. The first kappa shape index (κ1) is 13.4. The smallest absolute Gasteiger partial charge is 0.237 e. The Hall–Kier alpha value is -1.06. The van der Waals surface area contributed by atoms with Crippen LogP contribution in [0.2, 0.25) is 5.02 Å². The summed E-state index contributed by atoms with van der Waals surface area (Å²) in [6, 6.07) is 7.55. The Morgan fingerprint density at radius 1 is 1.50 bits per heavy atom. The lowest BCUT2D eigenvalue weighted by Gasteiger charge is -2.24. The maximum absolute atomic E-state index is 12.1. The summed E-state index contributed by atoms with van der Waals surface area (Å²) in [6.07, 6.45) is 3.21. The van der Waals surface area contributed by atoms with Gasteiger partial charge in [0.25, 0.3) is 0 Å². The second-order valence-corrected chi connectivity index (χ2v) is 5.22. The van der Waals surface area contributed by atoms with Crippen molar-refractivity contribution in [2.45, 2.75) is 38.3 Å². The number of hydrogen-bond donors (Lipinski definition) is 2. The van der Waals surface area contributed by atoms with E-state index < -0.39 is 0 Å².